The third-order valence-electron chi connectivity index (χ3n) is 6.40. The van der Waals surface area contributed by atoms with Crippen LogP contribution in [0.5, 0.6) is 5.75 Å². The van der Waals surface area contributed by atoms with Crippen molar-refractivity contribution < 1.29 is 9.53 Å². The number of carbonyl (C=O) groups excluding carboxylic acids is 1. The van der Waals surface area contributed by atoms with Crippen LogP contribution in [0.3, 0.4) is 0 Å². The predicted molar refractivity (Wildman–Crippen MR) is 125 cm³/mol. The van der Waals surface area contributed by atoms with E-state index in [1.54, 1.807) is 7.11 Å². The second-order valence-corrected chi connectivity index (χ2v) is 8.15. The summed E-state index contributed by atoms with van der Waals surface area (Å²) in [4.78, 5) is 20.3. The van der Waals surface area contributed by atoms with Crippen molar-refractivity contribution in [3.8, 4) is 5.75 Å². The molecule has 6 nitrogen and oxygen atoms in total. The quantitative estimate of drug-likeness (QED) is 0.457. The lowest BCUT2D eigenvalue weighted by Crippen LogP contribution is -2.42. The van der Waals surface area contributed by atoms with Crippen molar-refractivity contribution in [1.82, 2.24) is 19.0 Å². The number of methoxy groups -OCH3 is 1. The van der Waals surface area contributed by atoms with Gasteiger partial charge in [-0.15, -0.1) is 0 Å². The third kappa shape index (κ3) is 3.55. The van der Waals surface area contributed by atoms with Gasteiger partial charge in [0.25, 0.3) is 0 Å². The van der Waals surface area contributed by atoms with Gasteiger partial charge in [0, 0.05) is 44.4 Å². The monoisotopic (exact) mass is 428 g/mol. The van der Waals surface area contributed by atoms with Gasteiger partial charge in [-0.25, -0.2) is 4.98 Å². The molecule has 0 saturated heterocycles. The van der Waals surface area contributed by atoms with Crippen LogP contribution >= 0.6 is 0 Å². The van der Waals surface area contributed by atoms with E-state index in [0.29, 0.717) is 19.4 Å². The topological polar surface area (TPSA) is 52.3 Å². The zero-order chi connectivity index (χ0) is 22.1. The number of amides is 1. The molecule has 0 radical (unpaired) electrons. The first kappa shape index (κ1) is 20.4. The molecule has 1 atom stereocenters. The molecule has 2 aromatic carbocycles. The van der Waals surface area contributed by atoms with E-state index in [-0.39, 0.29) is 11.9 Å². The average Bonchev–Trinajstić information content (AvgIpc) is 3.46. The van der Waals surface area contributed by atoms with Gasteiger partial charge in [0.05, 0.1) is 24.2 Å². The Morgan fingerprint density at radius 2 is 1.88 bits per heavy atom. The molecule has 0 aliphatic carbocycles. The highest BCUT2D eigenvalue weighted by Crippen LogP contribution is 2.34. The van der Waals surface area contributed by atoms with E-state index in [9.17, 15) is 4.79 Å². The van der Waals surface area contributed by atoms with Crippen molar-refractivity contribution in [2.24, 2.45) is 0 Å². The molecule has 0 fully saturated rings. The van der Waals surface area contributed by atoms with Gasteiger partial charge in [-0.2, -0.15) is 0 Å². The number of carbonyl (C=O) groups is 1. The molecule has 0 bridgehead atoms. The second-order valence-electron chi connectivity index (χ2n) is 8.15. The Balaban J connectivity index is 1.41. The van der Waals surface area contributed by atoms with Crippen LogP contribution in [-0.4, -0.2) is 38.6 Å². The number of fused-ring (bicyclic) bond motifs is 2. The first-order chi connectivity index (χ1) is 15.7. The lowest BCUT2D eigenvalue weighted by atomic mass is 9.99. The van der Waals surface area contributed by atoms with Gasteiger partial charge in [-0.1, -0.05) is 24.3 Å². The second kappa shape index (κ2) is 8.54. The number of hydrogen-bond donors (Lipinski definition) is 0. The van der Waals surface area contributed by atoms with E-state index < -0.39 is 0 Å². The van der Waals surface area contributed by atoms with Crippen molar-refractivity contribution >= 4 is 16.9 Å². The fourth-order valence-electron chi connectivity index (χ4n) is 4.82. The van der Waals surface area contributed by atoms with Gasteiger partial charge in [-0.3, -0.25) is 4.79 Å². The molecule has 5 rings (SSSR count). The van der Waals surface area contributed by atoms with Gasteiger partial charge in [0.15, 0.2) is 0 Å². The third-order valence-corrected chi connectivity index (χ3v) is 6.40. The summed E-state index contributed by atoms with van der Waals surface area (Å²) in [6.45, 7) is 4.48. The lowest BCUT2D eigenvalue weighted by molar-refractivity contribution is -0.133. The minimum Gasteiger partial charge on any atom is -0.497 e. The molecule has 3 heterocycles. The Kier molecular flexibility index (Phi) is 5.43. The molecule has 1 unspecified atom stereocenters. The van der Waals surface area contributed by atoms with Gasteiger partial charge < -0.3 is 18.8 Å². The molecule has 2 aromatic heterocycles. The van der Waals surface area contributed by atoms with Crippen LogP contribution in [0.1, 0.15) is 36.5 Å². The number of aromatic nitrogens is 3. The Morgan fingerprint density at radius 1 is 1.06 bits per heavy atom. The molecule has 1 aliphatic rings. The summed E-state index contributed by atoms with van der Waals surface area (Å²) in [6, 6.07) is 20.3. The van der Waals surface area contributed by atoms with E-state index in [1.807, 2.05) is 35.2 Å². The molecular formula is C26H28N4O2. The maximum absolute atomic E-state index is 13.5. The fraction of sp³-hybridized carbons (Fsp3) is 0.308. The molecule has 0 spiro atoms. The molecule has 0 saturated carbocycles. The maximum atomic E-state index is 13.5. The summed E-state index contributed by atoms with van der Waals surface area (Å²) in [7, 11) is 1.67. The number of aryl methyl sites for hydroxylation is 2. The Hall–Kier alpha value is -3.54. The van der Waals surface area contributed by atoms with Crippen LogP contribution in [0.25, 0.3) is 11.0 Å². The lowest BCUT2D eigenvalue weighted by Gasteiger charge is -2.37. The maximum Gasteiger partial charge on any atom is 0.223 e. The van der Waals surface area contributed by atoms with E-state index >= 15 is 0 Å². The normalized spacial score (nSPS) is 15.7. The van der Waals surface area contributed by atoms with Crippen LogP contribution in [0.2, 0.25) is 0 Å². The summed E-state index contributed by atoms with van der Waals surface area (Å²) < 4.78 is 9.78. The minimum atomic E-state index is -0.0952. The number of imidazole rings is 1. The largest absolute Gasteiger partial charge is 0.497 e. The van der Waals surface area contributed by atoms with E-state index in [4.69, 9.17) is 9.72 Å². The van der Waals surface area contributed by atoms with Gasteiger partial charge in [0.2, 0.25) is 5.91 Å². The molecule has 164 valence electrons. The molecule has 0 N–H and O–H groups in total. The van der Waals surface area contributed by atoms with Crippen LogP contribution in [0.4, 0.5) is 0 Å². The van der Waals surface area contributed by atoms with Crippen molar-refractivity contribution in [2.45, 2.75) is 38.9 Å². The zero-order valence-corrected chi connectivity index (χ0v) is 18.6. The average molecular weight is 429 g/mol. The molecule has 6 heteroatoms. The highest BCUT2D eigenvalue weighted by atomic mass is 16.5. The van der Waals surface area contributed by atoms with Crippen molar-refractivity contribution in [3.63, 3.8) is 0 Å². The summed E-state index contributed by atoms with van der Waals surface area (Å²) in [5.74, 6) is 1.95. The summed E-state index contributed by atoms with van der Waals surface area (Å²) >= 11 is 0. The van der Waals surface area contributed by atoms with Crippen molar-refractivity contribution in [2.75, 3.05) is 13.7 Å². The Bertz CT molecular complexity index is 1240. The highest BCUT2D eigenvalue weighted by Gasteiger charge is 2.32. The molecular weight excluding hydrogens is 400 g/mol. The predicted octanol–water partition coefficient (Wildman–Crippen LogP) is 4.43. The van der Waals surface area contributed by atoms with Crippen LogP contribution in [0.15, 0.2) is 66.9 Å². The number of hydrogen-bond acceptors (Lipinski definition) is 3. The van der Waals surface area contributed by atoms with Gasteiger partial charge in [0.1, 0.15) is 11.6 Å². The Morgan fingerprint density at radius 3 is 2.66 bits per heavy atom. The number of para-hydroxylation sites is 2. The van der Waals surface area contributed by atoms with Crippen molar-refractivity contribution in [1.29, 1.82) is 0 Å². The smallest absolute Gasteiger partial charge is 0.223 e. The highest BCUT2D eigenvalue weighted by molar-refractivity contribution is 5.79. The first-order valence-electron chi connectivity index (χ1n) is 11.2. The van der Waals surface area contributed by atoms with Crippen molar-refractivity contribution in [3.05, 3.63) is 83.9 Å². The van der Waals surface area contributed by atoms with E-state index in [0.717, 1.165) is 47.0 Å². The summed E-state index contributed by atoms with van der Waals surface area (Å²) in [5, 5.41) is 0. The minimum absolute atomic E-state index is 0.0952. The SMILES string of the molecule is CCn1c(CCC(=O)N2CCn3cccc3C2c2ccc(OC)cc2)nc2ccccc21. The zero-order valence-electron chi connectivity index (χ0n) is 18.6. The number of nitrogens with zero attached hydrogens (tertiary/aromatic N) is 4. The van der Waals surface area contributed by atoms with Crippen LogP contribution < -0.4 is 4.74 Å². The van der Waals surface area contributed by atoms with Crippen LogP contribution in [0, 0.1) is 0 Å². The summed E-state index contributed by atoms with van der Waals surface area (Å²) in [6.07, 6.45) is 3.17. The number of ether oxygens (including phenoxy) is 1. The summed E-state index contributed by atoms with van der Waals surface area (Å²) in [5.41, 5.74) is 4.36. The fourth-order valence-corrected chi connectivity index (χ4v) is 4.82. The molecule has 1 aliphatic heterocycles. The van der Waals surface area contributed by atoms with Gasteiger partial charge in [-0.05, 0) is 48.9 Å². The molecule has 32 heavy (non-hydrogen) atoms. The van der Waals surface area contributed by atoms with Gasteiger partial charge >= 0.3 is 0 Å². The van der Waals surface area contributed by atoms with E-state index in [2.05, 4.69) is 52.6 Å². The standard InChI is InChI=1S/C26H28N4O2/c1-3-29-22-8-5-4-7-21(22)27-24(29)14-15-25(31)30-18-17-28-16-6-9-23(28)26(30)19-10-12-20(32-2)13-11-19/h4-13,16,26H,3,14-15,17-18H2,1-2H3. The number of rotatable bonds is 6. The Labute approximate surface area is 188 Å². The molecule has 1 amide bonds. The van der Waals surface area contributed by atoms with Crippen LogP contribution in [-0.2, 0) is 24.3 Å². The van der Waals surface area contributed by atoms with E-state index in [1.165, 1.54) is 0 Å². The first-order valence-corrected chi connectivity index (χ1v) is 11.2. The number of benzene rings is 2. The molecule has 4 aromatic rings.